The molecule has 2 rings (SSSR count). The zero-order valence-corrected chi connectivity index (χ0v) is 19.0. The SMILES string of the molecule is CC(=O)OCC1OC(Oc2c(C)occc2=S)C(OC(C)=O)C(OC(C)=O)C1OC(C)=O. The summed E-state index contributed by atoms with van der Waals surface area (Å²) in [7, 11) is 0. The van der Waals surface area contributed by atoms with Crippen LogP contribution >= 0.6 is 12.2 Å². The Balaban J connectivity index is 2.51. The molecule has 1 aliphatic heterocycles. The first kappa shape index (κ1) is 25.3. The van der Waals surface area contributed by atoms with Crippen molar-refractivity contribution in [2.45, 2.75) is 65.3 Å². The maximum Gasteiger partial charge on any atom is 0.303 e. The van der Waals surface area contributed by atoms with Crippen LogP contribution < -0.4 is 4.74 Å². The van der Waals surface area contributed by atoms with E-state index in [1.54, 1.807) is 6.92 Å². The Morgan fingerprint density at radius 3 is 2.00 bits per heavy atom. The molecule has 12 heteroatoms. The number of rotatable bonds is 7. The van der Waals surface area contributed by atoms with Crippen molar-refractivity contribution in [2.75, 3.05) is 6.61 Å². The van der Waals surface area contributed by atoms with Gasteiger partial charge in [0.25, 0.3) is 0 Å². The smallest absolute Gasteiger partial charge is 0.303 e. The van der Waals surface area contributed by atoms with Crippen LogP contribution in [0.4, 0.5) is 0 Å². The third-order valence-corrected chi connectivity index (χ3v) is 4.51. The van der Waals surface area contributed by atoms with Crippen molar-refractivity contribution in [3.63, 3.8) is 0 Å². The summed E-state index contributed by atoms with van der Waals surface area (Å²) in [5.41, 5.74) is 0. The molecule has 0 N–H and O–H groups in total. The molecule has 5 unspecified atom stereocenters. The Kier molecular flexibility index (Phi) is 8.72. The van der Waals surface area contributed by atoms with E-state index >= 15 is 0 Å². The van der Waals surface area contributed by atoms with Gasteiger partial charge < -0.3 is 32.8 Å². The van der Waals surface area contributed by atoms with Crippen LogP contribution in [0.3, 0.4) is 0 Å². The van der Waals surface area contributed by atoms with Gasteiger partial charge in [0, 0.05) is 27.7 Å². The van der Waals surface area contributed by atoms with Crippen LogP contribution in [0, 0.1) is 11.4 Å². The molecule has 0 spiro atoms. The zero-order valence-electron chi connectivity index (χ0n) is 18.1. The average Bonchev–Trinajstić information content (AvgIpc) is 2.66. The first-order valence-electron chi connectivity index (χ1n) is 9.55. The van der Waals surface area contributed by atoms with Gasteiger partial charge in [-0.3, -0.25) is 19.2 Å². The van der Waals surface area contributed by atoms with Crippen LogP contribution in [0.1, 0.15) is 33.5 Å². The summed E-state index contributed by atoms with van der Waals surface area (Å²) < 4.78 is 38.3. The van der Waals surface area contributed by atoms with Gasteiger partial charge in [0.15, 0.2) is 18.0 Å². The van der Waals surface area contributed by atoms with Crippen molar-refractivity contribution >= 4 is 36.1 Å². The summed E-state index contributed by atoms with van der Waals surface area (Å²) in [5.74, 6) is -2.39. The maximum absolute atomic E-state index is 11.8. The van der Waals surface area contributed by atoms with Gasteiger partial charge >= 0.3 is 23.9 Å². The Morgan fingerprint density at radius 2 is 1.47 bits per heavy atom. The van der Waals surface area contributed by atoms with Crippen LogP contribution in [0.5, 0.6) is 5.75 Å². The molecular formula is C20H24O11S. The molecule has 0 saturated carbocycles. The zero-order chi connectivity index (χ0) is 24.0. The second-order valence-corrected chi connectivity index (χ2v) is 7.30. The molecule has 0 bridgehead atoms. The summed E-state index contributed by atoms with van der Waals surface area (Å²) >= 11 is 5.26. The molecule has 1 aliphatic rings. The molecule has 2 heterocycles. The summed E-state index contributed by atoms with van der Waals surface area (Å²) in [6.45, 7) is 5.81. The van der Waals surface area contributed by atoms with Crippen molar-refractivity contribution in [3.8, 4) is 5.75 Å². The lowest BCUT2D eigenvalue weighted by atomic mass is 9.98. The minimum Gasteiger partial charge on any atom is -0.466 e. The topological polar surface area (TPSA) is 137 Å². The molecule has 1 saturated heterocycles. The van der Waals surface area contributed by atoms with Crippen LogP contribution in [0.2, 0.25) is 0 Å². The van der Waals surface area contributed by atoms with Crippen molar-refractivity contribution < 1.29 is 52.0 Å². The summed E-state index contributed by atoms with van der Waals surface area (Å²) in [4.78, 5) is 46.7. The minimum atomic E-state index is -1.38. The fourth-order valence-electron chi connectivity index (χ4n) is 3.04. The number of hydrogen-bond acceptors (Lipinski definition) is 12. The van der Waals surface area contributed by atoms with Crippen LogP contribution in [-0.4, -0.2) is 61.2 Å². The molecule has 0 radical (unpaired) electrons. The van der Waals surface area contributed by atoms with E-state index < -0.39 is 54.6 Å². The largest absolute Gasteiger partial charge is 0.466 e. The molecule has 32 heavy (non-hydrogen) atoms. The molecular weight excluding hydrogens is 448 g/mol. The number of ether oxygens (including phenoxy) is 6. The summed E-state index contributed by atoms with van der Waals surface area (Å²) in [6, 6.07) is 1.48. The van der Waals surface area contributed by atoms with E-state index in [2.05, 4.69) is 0 Å². The molecule has 1 fully saturated rings. The van der Waals surface area contributed by atoms with Crippen molar-refractivity contribution in [1.82, 2.24) is 0 Å². The van der Waals surface area contributed by atoms with Crippen LogP contribution in [-0.2, 0) is 42.9 Å². The van der Waals surface area contributed by atoms with Gasteiger partial charge in [-0.2, -0.15) is 0 Å². The maximum atomic E-state index is 11.8. The Hall–Kier alpha value is -2.99. The van der Waals surface area contributed by atoms with E-state index in [4.69, 9.17) is 45.1 Å². The van der Waals surface area contributed by atoms with E-state index in [0.29, 0.717) is 5.76 Å². The fraction of sp³-hybridized carbons (Fsp3) is 0.550. The van der Waals surface area contributed by atoms with Crippen molar-refractivity contribution in [3.05, 3.63) is 22.6 Å². The number of carbonyl (C=O) groups is 4. The third kappa shape index (κ3) is 6.76. The van der Waals surface area contributed by atoms with Gasteiger partial charge in [0.2, 0.25) is 12.4 Å². The lowest BCUT2D eigenvalue weighted by Crippen LogP contribution is -2.63. The highest BCUT2D eigenvalue weighted by Gasteiger charge is 2.53. The van der Waals surface area contributed by atoms with E-state index in [1.807, 2.05) is 0 Å². The minimum absolute atomic E-state index is 0.128. The van der Waals surface area contributed by atoms with Gasteiger partial charge in [-0.05, 0) is 13.0 Å². The molecule has 0 amide bonds. The number of hydrogen-bond donors (Lipinski definition) is 0. The third-order valence-electron chi connectivity index (χ3n) is 4.19. The van der Waals surface area contributed by atoms with Gasteiger partial charge in [0.05, 0.1) is 10.8 Å². The molecule has 11 nitrogen and oxygen atoms in total. The Labute approximate surface area is 188 Å². The predicted octanol–water partition coefficient (Wildman–Crippen LogP) is 1.78. The van der Waals surface area contributed by atoms with Crippen LogP contribution in [0.25, 0.3) is 0 Å². The van der Waals surface area contributed by atoms with Gasteiger partial charge in [-0.1, -0.05) is 12.2 Å². The van der Waals surface area contributed by atoms with Crippen LogP contribution in [0.15, 0.2) is 16.7 Å². The quantitative estimate of drug-likeness (QED) is 0.325. The lowest BCUT2D eigenvalue weighted by molar-refractivity contribution is -0.288. The second-order valence-electron chi connectivity index (χ2n) is 6.86. The molecule has 1 aromatic heterocycles. The monoisotopic (exact) mass is 472 g/mol. The number of carbonyl (C=O) groups excluding carboxylic acids is 4. The fourth-order valence-corrected chi connectivity index (χ4v) is 3.29. The molecule has 176 valence electrons. The van der Waals surface area contributed by atoms with E-state index in [0.717, 1.165) is 20.8 Å². The second kappa shape index (κ2) is 11.0. The Bertz CT molecular complexity index is 924. The highest BCUT2D eigenvalue weighted by atomic mass is 32.1. The predicted molar refractivity (Wildman–Crippen MR) is 107 cm³/mol. The van der Waals surface area contributed by atoms with E-state index in [-0.39, 0.29) is 16.9 Å². The number of aryl methyl sites for hydroxylation is 1. The molecule has 5 atom stereocenters. The molecule has 0 aromatic carbocycles. The first-order valence-corrected chi connectivity index (χ1v) is 9.96. The van der Waals surface area contributed by atoms with Gasteiger partial charge in [-0.25, -0.2) is 0 Å². The average molecular weight is 472 g/mol. The van der Waals surface area contributed by atoms with Gasteiger partial charge in [-0.15, -0.1) is 0 Å². The van der Waals surface area contributed by atoms with Gasteiger partial charge in [0.1, 0.15) is 18.5 Å². The van der Waals surface area contributed by atoms with Crippen molar-refractivity contribution in [1.29, 1.82) is 0 Å². The lowest BCUT2D eigenvalue weighted by Gasteiger charge is -2.43. The highest BCUT2D eigenvalue weighted by molar-refractivity contribution is 7.71. The normalized spacial score (nSPS) is 24.7. The summed E-state index contributed by atoms with van der Waals surface area (Å²) in [6.07, 6.45) is -5.11. The molecule has 0 aliphatic carbocycles. The van der Waals surface area contributed by atoms with Crippen molar-refractivity contribution in [2.24, 2.45) is 0 Å². The van der Waals surface area contributed by atoms with E-state index in [1.165, 1.54) is 19.3 Å². The first-order chi connectivity index (χ1) is 15.0. The number of esters is 4. The summed E-state index contributed by atoms with van der Waals surface area (Å²) in [5, 5.41) is 0. The Morgan fingerprint density at radius 1 is 0.906 bits per heavy atom. The molecule has 1 aromatic rings. The van der Waals surface area contributed by atoms with E-state index in [9.17, 15) is 19.2 Å². The standard InChI is InChI=1S/C20H24O11S/c1-9-16(15(32)6-7-25-9)31-20-19(29-13(5)24)18(28-12(4)23)17(27-11(3)22)14(30-20)8-26-10(2)21/h6-7,14,17-20H,8H2,1-5H3. The highest BCUT2D eigenvalue weighted by Crippen LogP contribution is 2.32.